The number of halogens is 1. The summed E-state index contributed by atoms with van der Waals surface area (Å²) < 4.78 is 1.25. The molecule has 1 saturated carbocycles. The topological polar surface area (TPSA) is 12.0 Å². The van der Waals surface area contributed by atoms with Crippen LogP contribution >= 0.6 is 15.9 Å². The third kappa shape index (κ3) is 5.10. The molecule has 1 unspecified atom stereocenters. The van der Waals surface area contributed by atoms with E-state index in [0.717, 1.165) is 18.9 Å². The lowest BCUT2D eigenvalue weighted by molar-refractivity contribution is 0.160. The van der Waals surface area contributed by atoms with Gasteiger partial charge >= 0.3 is 0 Å². The summed E-state index contributed by atoms with van der Waals surface area (Å²) in [4.78, 5) is 0. The van der Waals surface area contributed by atoms with Gasteiger partial charge in [-0.3, -0.25) is 0 Å². The van der Waals surface area contributed by atoms with Gasteiger partial charge in [0.25, 0.3) is 0 Å². The van der Waals surface area contributed by atoms with Gasteiger partial charge in [0, 0.05) is 10.5 Å². The molecule has 0 heterocycles. The molecule has 0 aliphatic heterocycles. The highest BCUT2D eigenvalue weighted by molar-refractivity contribution is 9.10. The maximum absolute atomic E-state index is 3.82. The average molecular weight is 352 g/mol. The average Bonchev–Trinajstić information content (AvgIpc) is 2.46. The smallest absolute Gasteiger partial charge is 0.0207 e. The molecule has 0 radical (unpaired) electrons. The Kier molecular flexibility index (Phi) is 6.31. The Morgan fingerprint density at radius 3 is 2.52 bits per heavy atom. The fourth-order valence-electron chi connectivity index (χ4n) is 3.46. The van der Waals surface area contributed by atoms with Crippen molar-refractivity contribution >= 4 is 15.9 Å². The molecule has 2 heteroatoms. The van der Waals surface area contributed by atoms with E-state index >= 15 is 0 Å². The van der Waals surface area contributed by atoms with Gasteiger partial charge in [0.05, 0.1) is 0 Å². The molecule has 21 heavy (non-hydrogen) atoms. The molecule has 118 valence electrons. The number of nitrogens with one attached hydrogen (secondary N) is 1. The molecular formula is C19H30BrN. The van der Waals surface area contributed by atoms with Gasteiger partial charge < -0.3 is 5.32 Å². The summed E-state index contributed by atoms with van der Waals surface area (Å²) in [6.07, 6.45) is 7.85. The van der Waals surface area contributed by atoms with E-state index in [1.807, 2.05) is 0 Å². The lowest BCUT2D eigenvalue weighted by Crippen LogP contribution is -2.41. The quantitative estimate of drug-likeness (QED) is 0.705. The Balaban J connectivity index is 2.03. The minimum atomic E-state index is 0.555. The van der Waals surface area contributed by atoms with Gasteiger partial charge in [-0.2, -0.15) is 0 Å². The van der Waals surface area contributed by atoms with Crippen LogP contribution in [0, 0.1) is 11.3 Å². The van der Waals surface area contributed by atoms with Crippen molar-refractivity contribution in [2.24, 2.45) is 11.3 Å². The molecule has 1 aromatic rings. The molecule has 0 saturated heterocycles. The Hall–Kier alpha value is -0.340. The maximum Gasteiger partial charge on any atom is 0.0207 e. The van der Waals surface area contributed by atoms with E-state index in [4.69, 9.17) is 0 Å². The maximum atomic E-state index is 3.82. The minimum absolute atomic E-state index is 0.555. The molecule has 1 aliphatic carbocycles. The highest BCUT2D eigenvalue weighted by Crippen LogP contribution is 2.39. The van der Waals surface area contributed by atoms with Crippen LogP contribution in [0.1, 0.15) is 58.4 Å². The highest BCUT2D eigenvalue weighted by atomic mass is 79.9. The standard InChI is InChI=1S/C19H30BrN/c1-4-13-21-18(14-16-7-5-6-8-17(16)20)15-9-11-19(2,3)12-10-15/h5-8,15,18,21H,4,9-14H2,1-3H3. The van der Waals surface area contributed by atoms with E-state index < -0.39 is 0 Å². The molecule has 1 aromatic carbocycles. The first-order valence-electron chi connectivity index (χ1n) is 8.48. The molecule has 1 N–H and O–H groups in total. The van der Waals surface area contributed by atoms with E-state index in [2.05, 4.69) is 66.3 Å². The predicted molar refractivity (Wildman–Crippen MR) is 95.7 cm³/mol. The SMILES string of the molecule is CCCNC(Cc1ccccc1Br)C1CCC(C)(C)CC1. The van der Waals surface area contributed by atoms with Crippen LogP contribution in [0.5, 0.6) is 0 Å². The van der Waals surface area contributed by atoms with Crippen LogP contribution in [0.2, 0.25) is 0 Å². The Morgan fingerprint density at radius 1 is 1.24 bits per heavy atom. The van der Waals surface area contributed by atoms with Gasteiger partial charge in [-0.15, -0.1) is 0 Å². The molecule has 0 aromatic heterocycles. The summed E-state index contributed by atoms with van der Waals surface area (Å²) in [5.74, 6) is 0.830. The Labute approximate surface area is 139 Å². The molecule has 0 bridgehead atoms. The van der Waals surface area contributed by atoms with Gasteiger partial charge in [-0.1, -0.05) is 54.9 Å². The Bertz CT molecular complexity index is 431. The van der Waals surface area contributed by atoms with Crippen LogP contribution in [0.15, 0.2) is 28.7 Å². The lowest BCUT2D eigenvalue weighted by Gasteiger charge is -2.38. The van der Waals surface area contributed by atoms with Crippen molar-refractivity contribution in [2.75, 3.05) is 6.54 Å². The van der Waals surface area contributed by atoms with Crippen LogP contribution in [0.4, 0.5) is 0 Å². The van der Waals surface area contributed by atoms with Crippen molar-refractivity contribution < 1.29 is 0 Å². The molecule has 1 nitrogen and oxygen atoms in total. The first-order valence-corrected chi connectivity index (χ1v) is 9.28. The zero-order chi connectivity index (χ0) is 15.3. The zero-order valence-electron chi connectivity index (χ0n) is 13.8. The first kappa shape index (κ1) is 17.0. The Morgan fingerprint density at radius 2 is 1.90 bits per heavy atom. The second-order valence-corrected chi connectivity index (χ2v) is 8.21. The third-order valence-electron chi connectivity index (χ3n) is 5.01. The highest BCUT2D eigenvalue weighted by Gasteiger charge is 2.31. The van der Waals surface area contributed by atoms with Crippen LogP contribution in [-0.2, 0) is 6.42 Å². The van der Waals surface area contributed by atoms with Crippen LogP contribution in [0.3, 0.4) is 0 Å². The molecule has 2 rings (SSSR count). The van der Waals surface area contributed by atoms with Gasteiger partial charge in [0.2, 0.25) is 0 Å². The zero-order valence-corrected chi connectivity index (χ0v) is 15.4. The summed E-state index contributed by atoms with van der Waals surface area (Å²) in [6.45, 7) is 8.23. The van der Waals surface area contributed by atoms with Gasteiger partial charge in [0.15, 0.2) is 0 Å². The molecular weight excluding hydrogens is 322 g/mol. The van der Waals surface area contributed by atoms with Gasteiger partial charge in [-0.05, 0) is 68.0 Å². The second kappa shape index (κ2) is 7.78. The monoisotopic (exact) mass is 351 g/mol. The predicted octanol–water partition coefficient (Wildman–Crippen LogP) is 5.58. The van der Waals surface area contributed by atoms with Crippen molar-refractivity contribution in [1.29, 1.82) is 0 Å². The van der Waals surface area contributed by atoms with Crippen molar-refractivity contribution in [1.82, 2.24) is 5.32 Å². The molecule has 1 fully saturated rings. The second-order valence-electron chi connectivity index (χ2n) is 7.36. The van der Waals surface area contributed by atoms with Crippen molar-refractivity contribution in [3.05, 3.63) is 34.3 Å². The summed E-state index contributed by atoms with van der Waals surface area (Å²) in [5.41, 5.74) is 2.00. The van der Waals surface area contributed by atoms with Gasteiger partial charge in [-0.25, -0.2) is 0 Å². The number of hydrogen-bond acceptors (Lipinski definition) is 1. The summed E-state index contributed by atoms with van der Waals surface area (Å²) >= 11 is 3.71. The summed E-state index contributed by atoms with van der Waals surface area (Å²) in [7, 11) is 0. The van der Waals surface area contributed by atoms with Crippen LogP contribution < -0.4 is 5.32 Å². The molecule has 1 atom stereocenters. The van der Waals surface area contributed by atoms with Crippen LogP contribution in [-0.4, -0.2) is 12.6 Å². The first-order chi connectivity index (χ1) is 10.0. The van der Waals surface area contributed by atoms with E-state index in [1.165, 1.54) is 42.1 Å². The molecule has 1 aliphatic rings. The number of rotatable bonds is 6. The van der Waals surface area contributed by atoms with E-state index in [9.17, 15) is 0 Å². The normalized spacial score (nSPS) is 20.4. The van der Waals surface area contributed by atoms with E-state index in [-0.39, 0.29) is 0 Å². The third-order valence-corrected chi connectivity index (χ3v) is 5.78. The molecule has 0 amide bonds. The fraction of sp³-hybridized carbons (Fsp3) is 0.684. The van der Waals surface area contributed by atoms with Crippen LogP contribution in [0.25, 0.3) is 0 Å². The van der Waals surface area contributed by atoms with Crippen molar-refractivity contribution in [3.8, 4) is 0 Å². The number of hydrogen-bond donors (Lipinski definition) is 1. The fourth-order valence-corrected chi connectivity index (χ4v) is 3.91. The minimum Gasteiger partial charge on any atom is -0.313 e. The van der Waals surface area contributed by atoms with E-state index in [0.29, 0.717) is 11.5 Å². The molecule has 0 spiro atoms. The number of benzene rings is 1. The van der Waals surface area contributed by atoms with Gasteiger partial charge in [0.1, 0.15) is 0 Å². The van der Waals surface area contributed by atoms with E-state index in [1.54, 1.807) is 0 Å². The van der Waals surface area contributed by atoms with Crippen molar-refractivity contribution in [2.45, 2.75) is 65.3 Å². The van der Waals surface area contributed by atoms with Crippen molar-refractivity contribution in [3.63, 3.8) is 0 Å². The largest absolute Gasteiger partial charge is 0.313 e. The summed E-state index contributed by atoms with van der Waals surface area (Å²) in [5, 5.41) is 3.82. The summed E-state index contributed by atoms with van der Waals surface area (Å²) in [6, 6.07) is 9.31. The lowest BCUT2D eigenvalue weighted by atomic mass is 9.70.